The number of esters is 1. The van der Waals surface area contributed by atoms with Gasteiger partial charge in [0, 0.05) is 33.1 Å². The zero-order chi connectivity index (χ0) is 17.1. The number of nitrogens with one attached hydrogen (secondary N) is 1. The standard InChI is InChI=1S/C17H20N4O3/c1-12(22)24-11-13-16(21-9-7-20(2)8-10-21)18-14-5-3-4-6-15(14)19-17(13)23/h3-6,11H,7-10H2,1-2H3,(H,19,23). The second-order valence-corrected chi connectivity index (χ2v) is 5.84. The molecule has 2 heterocycles. The zero-order valence-corrected chi connectivity index (χ0v) is 13.8. The minimum absolute atomic E-state index is 0.256. The lowest BCUT2D eigenvalue weighted by Crippen LogP contribution is -2.48. The molecule has 24 heavy (non-hydrogen) atoms. The van der Waals surface area contributed by atoms with E-state index in [1.807, 2.05) is 18.2 Å². The first kappa shape index (κ1) is 16.2. The molecule has 1 aromatic rings. The number of rotatable bonds is 1. The average Bonchev–Trinajstić information content (AvgIpc) is 2.69. The van der Waals surface area contributed by atoms with Crippen molar-refractivity contribution in [3.8, 4) is 0 Å². The number of piperazine rings is 1. The molecule has 1 aromatic carbocycles. The van der Waals surface area contributed by atoms with Crippen molar-refractivity contribution in [3.05, 3.63) is 36.1 Å². The van der Waals surface area contributed by atoms with E-state index in [9.17, 15) is 9.59 Å². The second-order valence-electron chi connectivity index (χ2n) is 5.84. The summed E-state index contributed by atoms with van der Waals surface area (Å²) in [5.41, 5.74) is 1.58. The molecule has 1 amide bonds. The van der Waals surface area contributed by atoms with Crippen molar-refractivity contribution in [3.63, 3.8) is 0 Å². The van der Waals surface area contributed by atoms with Crippen molar-refractivity contribution >= 4 is 29.1 Å². The molecule has 0 bridgehead atoms. The molecule has 1 fully saturated rings. The van der Waals surface area contributed by atoms with Crippen molar-refractivity contribution in [1.82, 2.24) is 9.80 Å². The van der Waals surface area contributed by atoms with Gasteiger partial charge in [-0.05, 0) is 19.2 Å². The summed E-state index contributed by atoms with van der Waals surface area (Å²) >= 11 is 0. The molecule has 7 heteroatoms. The smallest absolute Gasteiger partial charge is 0.307 e. The van der Waals surface area contributed by atoms with E-state index >= 15 is 0 Å². The number of ether oxygens (including phenoxy) is 1. The van der Waals surface area contributed by atoms with Crippen LogP contribution in [0.3, 0.4) is 0 Å². The van der Waals surface area contributed by atoms with Crippen LogP contribution in [0, 0.1) is 0 Å². The van der Waals surface area contributed by atoms with Crippen LogP contribution in [-0.2, 0) is 14.3 Å². The first-order valence-electron chi connectivity index (χ1n) is 7.85. The fourth-order valence-electron chi connectivity index (χ4n) is 2.65. The van der Waals surface area contributed by atoms with Crippen LogP contribution in [0.15, 0.2) is 41.1 Å². The van der Waals surface area contributed by atoms with Crippen molar-refractivity contribution in [2.75, 3.05) is 38.5 Å². The largest absolute Gasteiger partial charge is 0.434 e. The molecule has 2 aliphatic rings. The number of anilines is 1. The number of fused-ring (bicyclic) bond motifs is 1. The van der Waals surface area contributed by atoms with E-state index in [1.165, 1.54) is 13.2 Å². The quantitative estimate of drug-likeness (QED) is 0.479. The Bertz CT molecular complexity index is 718. The fraction of sp³-hybridized carbons (Fsp3) is 0.353. The van der Waals surface area contributed by atoms with Crippen molar-refractivity contribution < 1.29 is 14.3 Å². The molecule has 0 aromatic heterocycles. The number of amides is 1. The lowest BCUT2D eigenvalue weighted by Gasteiger charge is -2.34. The molecule has 7 nitrogen and oxygen atoms in total. The van der Waals surface area contributed by atoms with E-state index in [-0.39, 0.29) is 11.5 Å². The average molecular weight is 328 g/mol. The summed E-state index contributed by atoms with van der Waals surface area (Å²) in [7, 11) is 2.06. The highest BCUT2D eigenvalue weighted by molar-refractivity contribution is 6.26. The number of nitrogens with zero attached hydrogens (tertiary/aromatic N) is 3. The van der Waals surface area contributed by atoms with E-state index < -0.39 is 5.97 Å². The SMILES string of the molecule is CC(=O)OC=C1C(=O)Nc2ccccc2N=C1N1CCN(C)CC1. The van der Waals surface area contributed by atoms with Crippen LogP contribution < -0.4 is 5.32 Å². The normalized spacial score (nSPS) is 20.1. The molecule has 0 saturated carbocycles. The Kier molecular flexibility index (Phi) is 4.61. The monoisotopic (exact) mass is 328 g/mol. The maximum atomic E-state index is 12.6. The molecule has 126 valence electrons. The topological polar surface area (TPSA) is 74.2 Å². The molecule has 0 atom stereocenters. The first-order chi connectivity index (χ1) is 11.5. The molecular weight excluding hydrogens is 308 g/mol. The molecule has 0 radical (unpaired) electrons. The predicted octanol–water partition coefficient (Wildman–Crippen LogP) is 1.36. The summed E-state index contributed by atoms with van der Waals surface area (Å²) in [6, 6.07) is 7.36. The van der Waals surface area contributed by atoms with Gasteiger partial charge >= 0.3 is 5.97 Å². The van der Waals surface area contributed by atoms with Gasteiger partial charge in [0.2, 0.25) is 0 Å². The van der Waals surface area contributed by atoms with Crippen LogP contribution in [0.25, 0.3) is 0 Å². The van der Waals surface area contributed by atoms with Crippen LogP contribution in [0.4, 0.5) is 11.4 Å². The highest BCUT2D eigenvalue weighted by Gasteiger charge is 2.28. The maximum Gasteiger partial charge on any atom is 0.307 e. The third-order valence-corrected chi connectivity index (χ3v) is 4.01. The number of carbonyl (C=O) groups excluding carboxylic acids is 2. The fourth-order valence-corrected chi connectivity index (χ4v) is 2.65. The third kappa shape index (κ3) is 3.46. The lowest BCUT2D eigenvalue weighted by molar-refractivity contribution is -0.135. The number of hydrogen-bond donors (Lipinski definition) is 1. The molecule has 2 aliphatic heterocycles. The summed E-state index contributed by atoms with van der Waals surface area (Å²) in [5.74, 6) is -0.277. The van der Waals surface area contributed by atoms with Crippen molar-refractivity contribution in [2.24, 2.45) is 4.99 Å². The van der Waals surface area contributed by atoms with Crippen LogP contribution in [0.1, 0.15) is 6.92 Å². The minimum atomic E-state index is -0.477. The van der Waals surface area contributed by atoms with Crippen LogP contribution >= 0.6 is 0 Å². The van der Waals surface area contributed by atoms with Gasteiger partial charge < -0.3 is 19.9 Å². The van der Waals surface area contributed by atoms with Gasteiger partial charge in [0.05, 0.1) is 11.4 Å². The number of amidine groups is 1. The molecule has 0 unspecified atom stereocenters. The van der Waals surface area contributed by atoms with Gasteiger partial charge in [0.1, 0.15) is 17.7 Å². The molecule has 3 rings (SSSR count). The number of benzene rings is 1. The van der Waals surface area contributed by atoms with E-state index in [0.717, 1.165) is 26.2 Å². The van der Waals surface area contributed by atoms with Gasteiger partial charge in [0.25, 0.3) is 5.91 Å². The number of likely N-dealkylation sites (N-methyl/N-ethyl adjacent to an activating group) is 1. The number of para-hydroxylation sites is 2. The van der Waals surface area contributed by atoms with E-state index in [0.29, 0.717) is 17.2 Å². The number of carbonyl (C=O) groups is 2. The van der Waals surface area contributed by atoms with Crippen molar-refractivity contribution in [1.29, 1.82) is 0 Å². The van der Waals surface area contributed by atoms with Gasteiger partial charge in [-0.3, -0.25) is 9.59 Å². The highest BCUT2D eigenvalue weighted by Crippen LogP contribution is 2.29. The molecule has 0 spiro atoms. The van der Waals surface area contributed by atoms with Gasteiger partial charge in [-0.25, -0.2) is 4.99 Å². The number of aliphatic imine (C=N–C) groups is 1. The van der Waals surface area contributed by atoms with Gasteiger partial charge in [-0.2, -0.15) is 0 Å². The summed E-state index contributed by atoms with van der Waals surface area (Å²) in [5, 5.41) is 2.82. The van der Waals surface area contributed by atoms with Crippen LogP contribution in [0.2, 0.25) is 0 Å². The van der Waals surface area contributed by atoms with Gasteiger partial charge in [-0.1, -0.05) is 12.1 Å². The summed E-state index contributed by atoms with van der Waals surface area (Å²) < 4.78 is 4.97. The van der Waals surface area contributed by atoms with Gasteiger partial charge in [-0.15, -0.1) is 0 Å². The first-order valence-corrected chi connectivity index (χ1v) is 7.85. The molecule has 1 saturated heterocycles. The van der Waals surface area contributed by atoms with Gasteiger partial charge in [0.15, 0.2) is 0 Å². The molecule has 1 N–H and O–H groups in total. The second kappa shape index (κ2) is 6.84. The minimum Gasteiger partial charge on any atom is -0.434 e. The Hall–Kier alpha value is -2.67. The molecule has 0 aliphatic carbocycles. The number of hydrogen-bond acceptors (Lipinski definition) is 6. The maximum absolute atomic E-state index is 12.6. The van der Waals surface area contributed by atoms with E-state index in [2.05, 4.69) is 27.2 Å². The summed E-state index contributed by atoms with van der Waals surface area (Å²) in [6.07, 6.45) is 1.20. The Morgan fingerprint density at radius 1 is 1.25 bits per heavy atom. The highest BCUT2D eigenvalue weighted by atomic mass is 16.5. The Labute approximate surface area is 140 Å². The predicted molar refractivity (Wildman–Crippen MR) is 91.1 cm³/mol. The summed E-state index contributed by atoms with van der Waals surface area (Å²) in [4.78, 5) is 32.7. The summed E-state index contributed by atoms with van der Waals surface area (Å²) in [6.45, 7) is 4.56. The Morgan fingerprint density at radius 2 is 1.96 bits per heavy atom. The van der Waals surface area contributed by atoms with Crippen LogP contribution in [0.5, 0.6) is 0 Å². The Morgan fingerprint density at radius 3 is 2.67 bits per heavy atom. The van der Waals surface area contributed by atoms with E-state index in [1.54, 1.807) is 6.07 Å². The Balaban J connectivity index is 2.02. The zero-order valence-electron chi connectivity index (χ0n) is 13.8. The molecular formula is C17H20N4O3. The lowest BCUT2D eigenvalue weighted by atomic mass is 10.2. The van der Waals surface area contributed by atoms with Crippen LogP contribution in [-0.4, -0.2) is 60.7 Å². The van der Waals surface area contributed by atoms with Crippen molar-refractivity contribution in [2.45, 2.75) is 6.92 Å². The van der Waals surface area contributed by atoms with E-state index in [4.69, 9.17) is 4.74 Å². The third-order valence-electron chi connectivity index (χ3n) is 4.01.